The first kappa shape index (κ1) is 8.96. The summed E-state index contributed by atoms with van der Waals surface area (Å²) in [5.41, 5.74) is 0. The van der Waals surface area contributed by atoms with Crippen molar-refractivity contribution in [3.63, 3.8) is 0 Å². The lowest BCUT2D eigenvalue weighted by atomic mass is 10.1. The Hall–Kier alpha value is -0.130. The number of carbonyl (C=O) groups is 2. The Morgan fingerprint density at radius 3 is 2.45 bits per heavy atom. The summed E-state index contributed by atoms with van der Waals surface area (Å²) in [6, 6.07) is 0. The summed E-state index contributed by atoms with van der Waals surface area (Å²) >= 11 is 2.04. The number of likely N-dealkylation sites (tertiary alicyclic amines) is 1. The maximum atomic E-state index is 11.1. The van der Waals surface area contributed by atoms with Crippen LogP contribution in [0.4, 0.5) is 0 Å². The van der Waals surface area contributed by atoms with Crippen LogP contribution < -0.4 is 0 Å². The number of nitrogens with zero attached hydrogens (tertiary/aromatic N) is 1. The van der Waals surface area contributed by atoms with Gasteiger partial charge in [0.15, 0.2) is 0 Å². The predicted octanol–water partition coefficient (Wildman–Crippen LogP) is 0.613. The van der Waals surface area contributed by atoms with Gasteiger partial charge in [-0.15, -0.1) is 0 Å². The highest BCUT2D eigenvalue weighted by atomic mass is 127. The summed E-state index contributed by atoms with van der Waals surface area (Å²) in [4.78, 5) is 23.6. The standard InChI is InChI=1S/C7H10INO2/c8-5-7(11)9-3-1-6(10)2-4-9/h1-5H2. The number of rotatable bonds is 1. The van der Waals surface area contributed by atoms with Gasteiger partial charge in [0.05, 0.1) is 4.43 Å². The van der Waals surface area contributed by atoms with Crippen LogP contribution in [0, 0.1) is 0 Å². The Bertz CT molecular complexity index is 171. The quantitative estimate of drug-likeness (QED) is 0.515. The molecule has 11 heavy (non-hydrogen) atoms. The zero-order chi connectivity index (χ0) is 8.27. The number of piperidine rings is 1. The summed E-state index contributed by atoms with van der Waals surface area (Å²) in [5.74, 6) is 0.431. The van der Waals surface area contributed by atoms with Gasteiger partial charge < -0.3 is 4.90 Å². The molecule has 0 bridgehead atoms. The van der Waals surface area contributed by atoms with Gasteiger partial charge in [-0.25, -0.2) is 0 Å². The van der Waals surface area contributed by atoms with Gasteiger partial charge in [-0.3, -0.25) is 9.59 Å². The van der Waals surface area contributed by atoms with E-state index in [4.69, 9.17) is 0 Å². The highest BCUT2D eigenvalue weighted by Crippen LogP contribution is 2.06. The monoisotopic (exact) mass is 267 g/mol. The fourth-order valence-electron chi connectivity index (χ4n) is 1.09. The molecule has 62 valence electrons. The molecule has 0 aromatic heterocycles. The number of hydrogen-bond acceptors (Lipinski definition) is 2. The smallest absolute Gasteiger partial charge is 0.232 e. The maximum absolute atomic E-state index is 11.1. The van der Waals surface area contributed by atoms with Crippen LogP contribution in [0.25, 0.3) is 0 Å². The molecular formula is C7H10INO2. The largest absolute Gasteiger partial charge is 0.341 e. The highest BCUT2D eigenvalue weighted by molar-refractivity contribution is 14.1. The van der Waals surface area contributed by atoms with E-state index in [1.165, 1.54) is 0 Å². The Kier molecular flexibility index (Phi) is 3.29. The van der Waals surface area contributed by atoms with Crippen LogP contribution in [-0.2, 0) is 9.59 Å². The van der Waals surface area contributed by atoms with Crippen molar-refractivity contribution in [2.75, 3.05) is 17.5 Å². The van der Waals surface area contributed by atoms with Crippen molar-refractivity contribution in [3.05, 3.63) is 0 Å². The average Bonchev–Trinajstić information content (AvgIpc) is 2.05. The molecule has 0 atom stereocenters. The number of carbonyl (C=O) groups excluding carboxylic acids is 2. The van der Waals surface area contributed by atoms with Crippen molar-refractivity contribution < 1.29 is 9.59 Å². The van der Waals surface area contributed by atoms with E-state index in [2.05, 4.69) is 0 Å². The Balaban J connectivity index is 2.39. The van der Waals surface area contributed by atoms with Crippen molar-refractivity contribution in [3.8, 4) is 0 Å². The van der Waals surface area contributed by atoms with E-state index in [1.54, 1.807) is 4.90 Å². The second-order valence-electron chi connectivity index (χ2n) is 2.55. The molecule has 0 aliphatic carbocycles. The minimum absolute atomic E-state index is 0.151. The molecule has 1 aliphatic rings. The van der Waals surface area contributed by atoms with Gasteiger partial charge in [-0.05, 0) is 0 Å². The van der Waals surface area contributed by atoms with Crippen LogP contribution >= 0.6 is 22.6 Å². The van der Waals surface area contributed by atoms with Crippen LogP contribution in [-0.4, -0.2) is 34.1 Å². The molecule has 4 heteroatoms. The van der Waals surface area contributed by atoms with Gasteiger partial charge in [0, 0.05) is 25.9 Å². The molecule has 0 spiro atoms. The molecule has 0 unspecified atom stereocenters. The third-order valence-electron chi connectivity index (χ3n) is 1.79. The van der Waals surface area contributed by atoms with E-state index in [1.807, 2.05) is 22.6 Å². The van der Waals surface area contributed by atoms with Crippen molar-refractivity contribution in [1.82, 2.24) is 4.90 Å². The molecule has 1 rings (SSSR count). The molecule has 1 aliphatic heterocycles. The Morgan fingerprint density at radius 1 is 1.45 bits per heavy atom. The lowest BCUT2D eigenvalue weighted by Gasteiger charge is -2.25. The average molecular weight is 267 g/mol. The number of Topliss-reactive ketones (excluding diaryl/α,β-unsaturated/α-hetero) is 1. The van der Waals surface area contributed by atoms with E-state index in [0.29, 0.717) is 30.4 Å². The van der Waals surface area contributed by atoms with Crippen molar-refractivity contribution in [1.29, 1.82) is 0 Å². The third kappa shape index (κ3) is 2.43. The van der Waals surface area contributed by atoms with E-state index in [-0.39, 0.29) is 11.7 Å². The van der Waals surface area contributed by atoms with E-state index < -0.39 is 0 Å². The second kappa shape index (κ2) is 4.04. The van der Waals surface area contributed by atoms with Gasteiger partial charge in [0.2, 0.25) is 5.91 Å². The first-order valence-electron chi connectivity index (χ1n) is 3.59. The minimum atomic E-state index is 0.151. The van der Waals surface area contributed by atoms with Crippen molar-refractivity contribution in [2.24, 2.45) is 0 Å². The summed E-state index contributed by atoms with van der Waals surface area (Å²) < 4.78 is 0.520. The number of hydrogen-bond donors (Lipinski definition) is 0. The van der Waals surface area contributed by atoms with Gasteiger partial charge in [-0.2, -0.15) is 0 Å². The molecule has 1 fully saturated rings. The van der Waals surface area contributed by atoms with Crippen LogP contribution in [0.3, 0.4) is 0 Å². The van der Waals surface area contributed by atoms with Crippen LogP contribution in [0.15, 0.2) is 0 Å². The number of ketones is 1. The van der Waals surface area contributed by atoms with E-state index in [9.17, 15) is 9.59 Å². The van der Waals surface area contributed by atoms with Crippen LogP contribution in [0.2, 0.25) is 0 Å². The SMILES string of the molecule is O=C1CCN(C(=O)CI)CC1. The summed E-state index contributed by atoms with van der Waals surface area (Å²) in [5, 5.41) is 0. The van der Waals surface area contributed by atoms with Gasteiger partial charge in [0.25, 0.3) is 0 Å². The Labute approximate surface area is 79.3 Å². The van der Waals surface area contributed by atoms with E-state index in [0.717, 1.165) is 0 Å². The lowest BCUT2D eigenvalue weighted by Crippen LogP contribution is -2.39. The summed E-state index contributed by atoms with van der Waals surface area (Å²) in [6.45, 7) is 1.25. The molecule has 0 aromatic rings. The topological polar surface area (TPSA) is 37.4 Å². The number of halogens is 1. The van der Waals surface area contributed by atoms with Gasteiger partial charge in [-0.1, -0.05) is 22.6 Å². The first-order chi connectivity index (χ1) is 5.24. The Morgan fingerprint density at radius 2 is 2.00 bits per heavy atom. The molecule has 0 N–H and O–H groups in total. The fourth-order valence-corrected chi connectivity index (χ4v) is 1.57. The summed E-state index contributed by atoms with van der Waals surface area (Å²) in [6.07, 6.45) is 1.09. The minimum Gasteiger partial charge on any atom is -0.341 e. The van der Waals surface area contributed by atoms with E-state index >= 15 is 0 Å². The maximum Gasteiger partial charge on any atom is 0.232 e. The first-order valence-corrected chi connectivity index (χ1v) is 5.12. The molecular weight excluding hydrogens is 257 g/mol. The molecule has 0 aromatic carbocycles. The van der Waals surface area contributed by atoms with Gasteiger partial charge in [0.1, 0.15) is 5.78 Å². The molecule has 1 amide bonds. The predicted molar refractivity (Wildman–Crippen MR) is 49.7 cm³/mol. The second-order valence-corrected chi connectivity index (χ2v) is 3.32. The van der Waals surface area contributed by atoms with Crippen molar-refractivity contribution in [2.45, 2.75) is 12.8 Å². The normalized spacial score (nSPS) is 18.6. The number of alkyl halides is 1. The van der Waals surface area contributed by atoms with Crippen LogP contribution in [0.5, 0.6) is 0 Å². The van der Waals surface area contributed by atoms with Crippen LogP contribution in [0.1, 0.15) is 12.8 Å². The fraction of sp³-hybridized carbons (Fsp3) is 0.714. The van der Waals surface area contributed by atoms with Crippen molar-refractivity contribution >= 4 is 34.3 Å². The summed E-state index contributed by atoms with van der Waals surface area (Å²) in [7, 11) is 0. The molecule has 0 radical (unpaired) electrons. The van der Waals surface area contributed by atoms with Gasteiger partial charge >= 0.3 is 0 Å². The lowest BCUT2D eigenvalue weighted by molar-refractivity contribution is -0.131. The molecule has 0 saturated carbocycles. The zero-order valence-corrected chi connectivity index (χ0v) is 8.33. The zero-order valence-electron chi connectivity index (χ0n) is 6.18. The molecule has 1 heterocycles. The molecule has 3 nitrogen and oxygen atoms in total. The molecule has 1 saturated heterocycles. The third-order valence-corrected chi connectivity index (χ3v) is 2.44. The number of amides is 1. The highest BCUT2D eigenvalue weighted by Gasteiger charge is 2.19.